The molecule has 0 aromatic heterocycles. The van der Waals surface area contributed by atoms with Gasteiger partial charge in [-0.1, -0.05) is 32.9 Å². The molecular formula is C24H34N2O3. The first-order valence-corrected chi connectivity index (χ1v) is 10.4. The average Bonchev–Trinajstić information content (AvgIpc) is 2.70. The summed E-state index contributed by atoms with van der Waals surface area (Å²) in [6.45, 7) is 13.5. The lowest BCUT2D eigenvalue weighted by Crippen LogP contribution is -2.46. The molecule has 0 amide bonds. The van der Waals surface area contributed by atoms with Crippen LogP contribution in [-0.4, -0.2) is 49.9 Å². The average molecular weight is 399 g/mol. The van der Waals surface area contributed by atoms with Crippen molar-refractivity contribution in [3.05, 3.63) is 47.5 Å². The summed E-state index contributed by atoms with van der Waals surface area (Å²) >= 11 is 0. The van der Waals surface area contributed by atoms with E-state index < -0.39 is 0 Å². The fraction of sp³-hybridized carbons (Fsp3) is 0.500. The van der Waals surface area contributed by atoms with Crippen LogP contribution >= 0.6 is 0 Å². The monoisotopic (exact) mass is 398 g/mol. The highest BCUT2D eigenvalue weighted by Crippen LogP contribution is 2.37. The van der Waals surface area contributed by atoms with E-state index in [1.54, 1.807) is 7.11 Å². The van der Waals surface area contributed by atoms with E-state index in [1.165, 1.54) is 0 Å². The zero-order valence-electron chi connectivity index (χ0n) is 18.4. The number of hydrogen-bond donors (Lipinski definition) is 1. The van der Waals surface area contributed by atoms with Crippen molar-refractivity contribution in [1.82, 2.24) is 4.90 Å². The maximum Gasteiger partial charge on any atom is 0.142 e. The molecule has 0 radical (unpaired) electrons. The van der Waals surface area contributed by atoms with E-state index in [-0.39, 0.29) is 5.41 Å². The van der Waals surface area contributed by atoms with Crippen LogP contribution < -0.4 is 14.4 Å². The van der Waals surface area contributed by atoms with Crippen LogP contribution in [0.5, 0.6) is 17.2 Å². The Morgan fingerprint density at radius 3 is 2.34 bits per heavy atom. The van der Waals surface area contributed by atoms with Gasteiger partial charge >= 0.3 is 0 Å². The highest BCUT2D eigenvalue weighted by molar-refractivity contribution is 5.58. The first-order valence-electron chi connectivity index (χ1n) is 10.4. The Labute approximate surface area is 174 Å². The number of ether oxygens (including phenoxy) is 2. The van der Waals surface area contributed by atoms with Crippen molar-refractivity contribution in [3.63, 3.8) is 0 Å². The number of phenols is 1. The molecule has 158 valence electrons. The molecule has 0 aliphatic carbocycles. The lowest BCUT2D eigenvalue weighted by Gasteiger charge is -2.37. The molecule has 2 aromatic carbocycles. The van der Waals surface area contributed by atoms with Gasteiger partial charge in [-0.25, -0.2) is 0 Å². The first kappa shape index (κ1) is 21.3. The predicted molar refractivity (Wildman–Crippen MR) is 118 cm³/mol. The van der Waals surface area contributed by atoms with E-state index in [1.807, 2.05) is 31.2 Å². The topological polar surface area (TPSA) is 45.2 Å². The van der Waals surface area contributed by atoms with Gasteiger partial charge in [0, 0.05) is 43.9 Å². The Balaban J connectivity index is 1.72. The highest BCUT2D eigenvalue weighted by Gasteiger charge is 2.24. The zero-order chi connectivity index (χ0) is 21.0. The van der Waals surface area contributed by atoms with Crippen LogP contribution in [0.1, 0.15) is 38.8 Å². The second-order valence-corrected chi connectivity index (χ2v) is 8.60. The fourth-order valence-electron chi connectivity index (χ4n) is 3.86. The summed E-state index contributed by atoms with van der Waals surface area (Å²) in [5.41, 5.74) is 2.87. The minimum absolute atomic E-state index is 0.144. The van der Waals surface area contributed by atoms with Crippen LogP contribution in [0.3, 0.4) is 0 Å². The van der Waals surface area contributed by atoms with Crippen LogP contribution in [0.25, 0.3) is 0 Å². The van der Waals surface area contributed by atoms with E-state index in [0.717, 1.165) is 54.5 Å². The Kier molecular flexibility index (Phi) is 6.58. The molecule has 1 N–H and O–H groups in total. The van der Waals surface area contributed by atoms with Gasteiger partial charge in [-0.2, -0.15) is 0 Å². The summed E-state index contributed by atoms with van der Waals surface area (Å²) in [5.74, 6) is 2.14. The van der Waals surface area contributed by atoms with Gasteiger partial charge in [-0.15, -0.1) is 0 Å². The molecule has 29 heavy (non-hydrogen) atoms. The summed E-state index contributed by atoms with van der Waals surface area (Å²) in [6.07, 6.45) is 0. The molecule has 0 atom stereocenters. The van der Waals surface area contributed by atoms with Gasteiger partial charge in [0.2, 0.25) is 0 Å². The van der Waals surface area contributed by atoms with Gasteiger partial charge in [0.25, 0.3) is 0 Å². The minimum atomic E-state index is -0.144. The normalized spacial score (nSPS) is 15.4. The standard InChI is InChI=1S/C24H34N2O3/c1-6-29-22-10-8-7-9-21(22)26-13-11-25(12-14-26)17-18-15-19(28-5)16-20(23(18)27)24(2,3)4/h7-10,15-16,27H,6,11-14,17H2,1-5H3. The second kappa shape index (κ2) is 8.95. The number of aromatic hydroxyl groups is 1. The van der Waals surface area contributed by atoms with E-state index >= 15 is 0 Å². The number of methoxy groups -OCH3 is 1. The van der Waals surface area contributed by atoms with Crippen molar-refractivity contribution in [2.45, 2.75) is 39.7 Å². The number of nitrogens with zero attached hydrogens (tertiary/aromatic N) is 2. The lowest BCUT2D eigenvalue weighted by atomic mass is 9.85. The van der Waals surface area contributed by atoms with Gasteiger partial charge < -0.3 is 19.5 Å². The van der Waals surface area contributed by atoms with Crippen molar-refractivity contribution in [3.8, 4) is 17.2 Å². The van der Waals surface area contributed by atoms with Crippen molar-refractivity contribution >= 4 is 5.69 Å². The maximum atomic E-state index is 10.9. The first-order chi connectivity index (χ1) is 13.8. The van der Waals surface area contributed by atoms with Crippen LogP contribution in [0.4, 0.5) is 5.69 Å². The summed E-state index contributed by atoms with van der Waals surface area (Å²) in [4.78, 5) is 4.77. The molecule has 2 aromatic rings. The Bertz CT molecular complexity index is 821. The van der Waals surface area contributed by atoms with E-state index in [2.05, 4.69) is 42.7 Å². The third kappa shape index (κ3) is 4.96. The fourth-order valence-corrected chi connectivity index (χ4v) is 3.86. The SMILES string of the molecule is CCOc1ccccc1N1CCN(Cc2cc(OC)cc(C(C)(C)C)c2O)CC1. The number of piperazine rings is 1. The van der Waals surface area contributed by atoms with E-state index in [9.17, 15) is 5.11 Å². The van der Waals surface area contributed by atoms with Crippen molar-refractivity contribution in [2.75, 3.05) is 44.8 Å². The summed E-state index contributed by atoms with van der Waals surface area (Å²) in [5, 5.41) is 10.9. The Morgan fingerprint density at radius 2 is 1.72 bits per heavy atom. The predicted octanol–water partition coefficient (Wildman–Crippen LogP) is 4.42. The molecule has 0 spiro atoms. The Hall–Kier alpha value is -2.40. The highest BCUT2D eigenvalue weighted by atomic mass is 16.5. The molecule has 1 fully saturated rings. The third-order valence-corrected chi connectivity index (χ3v) is 5.48. The molecule has 5 heteroatoms. The third-order valence-electron chi connectivity index (χ3n) is 5.48. The quantitative estimate of drug-likeness (QED) is 0.780. The molecule has 1 heterocycles. The molecule has 5 nitrogen and oxygen atoms in total. The summed E-state index contributed by atoms with van der Waals surface area (Å²) in [7, 11) is 1.68. The summed E-state index contributed by atoms with van der Waals surface area (Å²) < 4.78 is 11.3. The lowest BCUT2D eigenvalue weighted by molar-refractivity contribution is 0.244. The summed E-state index contributed by atoms with van der Waals surface area (Å²) in [6, 6.07) is 12.1. The molecule has 1 aliphatic rings. The number of hydrogen-bond acceptors (Lipinski definition) is 5. The smallest absolute Gasteiger partial charge is 0.142 e. The number of anilines is 1. The Morgan fingerprint density at radius 1 is 1.03 bits per heavy atom. The van der Waals surface area contributed by atoms with Crippen LogP contribution in [-0.2, 0) is 12.0 Å². The number of para-hydroxylation sites is 2. The van der Waals surface area contributed by atoms with Crippen LogP contribution in [0.2, 0.25) is 0 Å². The molecular weight excluding hydrogens is 364 g/mol. The van der Waals surface area contributed by atoms with Crippen molar-refractivity contribution in [1.29, 1.82) is 0 Å². The molecule has 0 bridgehead atoms. The van der Waals surface area contributed by atoms with Gasteiger partial charge in [-0.3, -0.25) is 4.90 Å². The number of phenolic OH excluding ortho intramolecular Hbond substituents is 1. The molecule has 1 aliphatic heterocycles. The van der Waals surface area contributed by atoms with Gasteiger partial charge in [-0.05, 0) is 36.6 Å². The molecule has 0 saturated carbocycles. The molecule has 1 saturated heterocycles. The zero-order valence-corrected chi connectivity index (χ0v) is 18.4. The van der Waals surface area contributed by atoms with Crippen LogP contribution in [0, 0.1) is 0 Å². The number of benzene rings is 2. The minimum Gasteiger partial charge on any atom is -0.507 e. The van der Waals surface area contributed by atoms with Crippen LogP contribution in [0.15, 0.2) is 36.4 Å². The largest absolute Gasteiger partial charge is 0.507 e. The van der Waals surface area contributed by atoms with E-state index in [4.69, 9.17) is 9.47 Å². The molecule has 0 unspecified atom stereocenters. The van der Waals surface area contributed by atoms with Gasteiger partial charge in [0.1, 0.15) is 17.2 Å². The second-order valence-electron chi connectivity index (χ2n) is 8.60. The van der Waals surface area contributed by atoms with Crippen molar-refractivity contribution < 1.29 is 14.6 Å². The van der Waals surface area contributed by atoms with Crippen molar-refractivity contribution in [2.24, 2.45) is 0 Å². The number of rotatable bonds is 6. The van der Waals surface area contributed by atoms with Gasteiger partial charge in [0.15, 0.2) is 0 Å². The maximum absolute atomic E-state index is 10.9. The molecule has 3 rings (SSSR count). The van der Waals surface area contributed by atoms with E-state index in [0.29, 0.717) is 18.9 Å². The van der Waals surface area contributed by atoms with Gasteiger partial charge in [0.05, 0.1) is 19.4 Å².